The van der Waals surface area contributed by atoms with Gasteiger partial charge in [-0.15, -0.1) is 0 Å². The van der Waals surface area contributed by atoms with Gasteiger partial charge in [0.2, 0.25) is 0 Å². The molecule has 19 heteroatoms. The number of ether oxygens (including phenoxy) is 1. The summed E-state index contributed by atoms with van der Waals surface area (Å²) in [5.74, 6) is -6.07. The molecule has 2 aliphatic carbocycles. The molecule has 2 aromatic carbocycles. The Morgan fingerprint density at radius 1 is 1.18 bits per heavy atom. The first-order valence-corrected chi connectivity index (χ1v) is 18.1. The lowest BCUT2D eigenvalue weighted by Crippen LogP contribution is -2.50. The van der Waals surface area contributed by atoms with Gasteiger partial charge in [-0.1, -0.05) is 51.1 Å². The fraction of sp³-hybridized carbons (Fsp3) is 0.432. The van der Waals surface area contributed by atoms with Gasteiger partial charge in [-0.05, 0) is 79.0 Å². The predicted molar refractivity (Wildman–Crippen MR) is 193 cm³/mol. The molecule has 0 unspecified atom stereocenters. The lowest BCUT2D eigenvalue weighted by molar-refractivity contribution is -0.134. The molecule has 1 saturated heterocycles. The van der Waals surface area contributed by atoms with E-state index in [0.29, 0.717) is 11.8 Å². The number of aromatic nitrogens is 6. The van der Waals surface area contributed by atoms with Crippen LogP contribution < -0.4 is 10.6 Å². The van der Waals surface area contributed by atoms with Crippen LogP contribution in [0.3, 0.4) is 0 Å². The Bertz CT molecular complexity index is 2210. The Morgan fingerprint density at radius 2 is 1.91 bits per heavy atom. The third-order valence-corrected chi connectivity index (χ3v) is 10.4. The number of halogens is 6. The van der Waals surface area contributed by atoms with Gasteiger partial charge >= 0.3 is 6.09 Å². The van der Waals surface area contributed by atoms with E-state index in [-0.39, 0.29) is 52.7 Å². The highest BCUT2D eigenvalue weighted by Crippen LogP contribution is 2.49. The first-order valence-electron chi connectivity index (χ1n) is 17.8. The Labute approximate surface area is 322 Å². The van der Waals surface area contributed by atoms with Gasteiger partial charge in [0.05, 0.1) is 29.0 Å². The number of guanidine groups is 1. The number of hydrogen-bond donors (Lipinski definition) is 3. The van der Waals surface area contributed by atoms with Crippen LogP contribution in [0.5, 0.6) is 0 Å². The minimum atomic E-state index is -3.45. The van der Waals surface area contributed by atoms with E-state index in [1.807, 2.05) is 20.8 Å². The Balaban J connectivity index is 1.27. The molecule has 2 aromatic heterocycles. The minimum absolute atomic E-state index is 0.0309. The number of nitrogens with zero attached hydrogens (tertiary/aromatic N) is 7. The van der Waals surface area contributed by atoms with Gasteiger partial charge in [0, 0.05) is 5.56 Å². The third-order valence-electron chi connectivity index (χ3n) is 10.1. The first kappa shape index (κ1) is 38.9. The number of hydrogen-bond acceptors (Lipinski definition) is 8. The average Bonchev–Trinajstić information content (AvgIpc) is 4.01. The van der Waals surface area contributed by atoms with Crippen molar-refractivity contribution in [1.82, 2.24) is 45.3 Å². The van der Waals surface area contributed by atoms with Gasteiger partial charge in [0.1, 0.15) is 35.5 Å². The molecule has 0 spiro atoms. The second-order valence-electron chi connectivity index (χ2n) is 15.5. The zero-order valence-corrected chi connectivity index (χ0v) is 31.3. The molecule has 3 aliphatic rings. The van der Waals surface area contributed by atoms with E-state index in [4.69, 9.17) is 21.7 Å². The zero-order chi connectivity index (χ0) is 40.4. The molecular weight excluding hydrogens is 763 g/mol. The summed E-state index contributed by atoms with van der Waals surface area (Å²) in [6.45, 7) is 8.04. The Kier molecular flexibility index (Phi) is 9.69. The standard InChI is InChI=1S/C37H38ClF5N10O3/c1-5-37(42,43)35(12-13-35)49-33(55)56-17-28(20-6-11-24(38)27(14-20)52-30(29(40)41)45-19-47-52)51-31(54)36(48-32(51)44,18-34(2,3)4)21-7-10-23(25(39)15-21)26-16-46-53(50-26)22-8-9-22/h5-7,10-11,14-16,19,22,28-29H,1,8-9,12-13,17-18H2,2-4H3,(H2,44,48)(H,49,55)/t28-,36-/m1/s1. The molecule has 3 N–H and O–H groups in total. The summed E-state index contributed by atoms with van der Waals surface area (Å²) in [6.07, 6.45) is 0.350. The third kappa shape index (κ3) is 7.10. The number of benzene rings is 2. The van der Waals surface area contributed by atoms with Crippen LogP contribution in [0.4, 0.5) is 26.7 Å². The van der Waals surface area contributed by atoms with Gasteiger partial charge in [0.15, 0.2) is 11.8 Å². The van der Waals surface area contributed by atoms with Crippen molar-refractivity contribution in [3.05, 3.63) is 89.4 Å². The summed E-state index contributed by atoms with van der Waals surface area (Å²) in [5.41, 5.74) is -3.54. The first-order chi connectivity index (χ1) is 26.4. The second-order valence-corrected chi connectivity index (χ2v) is 15.9. The van der Waals surface area contributed by atoms with Crippen molar-refractivity contribution in [3.63, 3.8) is 0 Å². The number of alkyl carbamates (subject to hydrolysis) is 1. The van der Waals surface area contributed by atoms with Gasteiger partial charge in [-0.2, -0.15) is 28.9 Å². The topological polar surface area (TPSA) is 156 Å². The SMILES string of the molecule is C=CC(F)(F)C1(NC(=O)OC[C@H](c2ccc(Cl)c(-n3ncnc3C(F)F)c2)N2C(=N)N[C@](CC(C)(C)C)(c3ccc(-c4cnn(C5CC5)n4)c(F)c3)C2=O)CC1. The van der Waals surface area contributed by atoms with E-state index in [1.54, 1.807) is 10.9 Å². The van der Waals surface area contributed by atoms with Crippen LogP contribution >= 0.6 is 11.6 Å². The van der Waals surface area contributed by atoms with Gasteiger partial charge in [-0.25, -0.2) is 27.6 Å². The van der Waals surface area contributed by atoms with Gasteiger partial charge in [-0.3, -0.25) is 15.1 Å². The summed E-state index contributed by atoms with van der Waals surface area (Å²) >= 11 is 6.45. The Hall–Kier alpha value is -5.39. The normalized spacial score (nSPS) is 19.9. The molecule has 1 aliphatic heterocycles. The van der Waals surface area contributed by atoms with Crippen molar-refractivity contribution < 1.29 is 36.3 Å². The fourth-order valence-electron chi connectivity index (χ4n) is 7.05. The van der Waals surface area contributed by atoms with Crippen molar-refractivity contribution in [3.8, 4) is 16.9 Å². The van der Waals surface area contributed by atoms with Crippen LogP contribution in [-0.2, 0) is 15.1 Å². The quantitative estimate of drug-likeness (QED) is 0.0933. The molecule has 56 heavy (non-hydrogen) atoms. The highest BCUT2D eigenvalue weighted by atomic mass is 35.5. The van der Waals surface area contributed by atoms with E-state index in [1.165, 1.54) is 36.5 Å². The lowest BCUT2D eigenvalue weighted by Gasteiger charge is -2.35. The molecule has 7 rings (SSSR count). The molecule has 0 bridgehead atoms. The second kappa shape index (κ2) is 14.0. The molecule has 2 saturated carbocycles. The van der Waals surface area contributed by atoms with Crippen molar-refractivity contribution in [2.24, 2.45) is 5.41 Å². The summed E-state index contributed by atoms with van der Waals surface area (Å²) in [4.78, 5) is 34.3. The van der Waals surface area contributed by atoms with Gasteiger partial charge in [0.25, 0.3) is 18.3 Å². The Morgan fingerprint density at radius 3 is 2.54 bits per heavy atom. The highest BCUT2D eigenvalue weighted by Gasteiger charge is 2.62. The van der Waals surface area contributed by atoms with E-state index in [9.17, 15) is 22.4 Å². The summed E-state index contributed by atoms with van der Waals surface area (Å²) in [5, 5.41) is 26.9. The monoisotopic (exact) mass is 800 g/mol. The summed E-state index contributed by atoms with van der Waals surface area (Å²) in [6, 6.07) is 7.13. The molecule has 2 amide bonds. The summed E-state index contributed by atoms with van der Waals surface area (Å²) < 4.78 is 79.4. The number of carbonyl (C=O) groups is 2. The maximum absolute atomic E-state index is 16.0. The van der Waals surface area contributed by atoms with Crippen LogP contribution in [-0.4, -0.2) is 70.7 Å². The zero-order valence-electron chi connectivity index (χ0n) is 30.5. The van der Waals surface area contributed by atoms with E-state index in [2.05, 4.69) is 37.5 Å². The maximum Gasteiger partial charge on any atom is 0.407 e. The van der Waals surface area contributed by atoms with Crippen LogP contribution in [0.25, 0.3) is 16.9 Å². The largest absolute Gasteiger partial charge is 0.447 e. The van der Waals surface area contributed by atoms with Crippen molar-refractivity contribution in [2.75, 3.05) is 6.61 Å². The van der Waals surface area contributed by atoms with E-state index < -0.39 is 71.1 Å². The molecule has 2 atom stereocenters. The minimum Gasteiger partial charge on any atom is -0.447 e. The van der Waals surface area contributed by atoms with E-state index >= 15 is 9.18 Å². The van der Waals surface area contributed by atoms with Crippen LogP contribution in [0.1, 0.15) is 88.3 Å². The molecule has 0 radical (unpaired) electrons. The lowest BCUT2D eigenvalue weighted by atomic mass is 9.75. The number of amides is 2. The van der Waals surface area contributed by atoms with Crippen LogP contribution in [0.2, 0.25) is 5.02 Å². The predicted octanol–water partition coefficient (Wildman–Crippen LogP) is 7.41. The molecule has 296 valence electrons. The smallest absolute Gasteiger partial charge is 0.407 e. The van der Waals surface area contributed by atoms with Crippen LogP contribution in [0, 0.1) is 16.6 Å². The van der Waals surface area contributed by atoms with Crippen LogP contribution in [0.15, 0.2) is 61.6 Å². The molecule has 3 heterocycles. The molecule has 13 nitrogen and oxygen atoms in total. The molecular formula is C37H38ClF5N10O3. The van der Waals surface area contributed by atoms with E-state index in [0.717, 1.165) is 28.8 Å². The average molecular weight is 801 g/mol. The van der Waals surface area contributed by atoms with Gasteiger partial charge < -0.3 is 15.4 Å². The van der Waals surface area contributed by atoms with Crippen molar-refractivity contribution in [2.45, 2.75) is 88.4 Å². The number of carbonyl (C=O) groups excluding carboxylic acids is 2. The number of rotatable bonds is 13. The molecule has 3 fully saturated rings. The number of nitrogens with one attached hydrogen (secondary N) is 3. The van der Waals surface area contributed by atoms with Crippen molar-refractivity contribution >= 4 is 29.6 Å². The fourth-order valence-corrected chi connectivity index (χ4v) is 7.25. The maximum atomic E-state index is 16.0. The summed E-state index contributed by atoms with van der Waals surface area (Å²) in [7, 11) is 0. The number of alkyl halides is 4. The molecule has 4 aromatic rings. The highest BCUT2D eigenvalue weighted by molar-refractivity contribution is 6.32. The van der Waals surface area contributed by atoms with Crippen molar-refractivity contribution in [1.29, 1.82) is 5.41 Å².